The molecule has 0 aliphatic carbocycles. The van der Waals surface area contributed by atoms with Crippen LogP contribution in [0.3, 0.4) is 0 Å². The van der Waals surface area contributed by atoms with E-state index in [-0.39, 0.29) is 36.8 Å². The molecule has 2 aromatic rings. The summed E-state index contributed by atoms with van der Waals surface area (Å²) in [5.41, 5.74) is 1.80. The lowest BCUT2D eigenvalue weighted by Crippen LogP contribution is -2.37. The number of fused-ring (bicyclic) bond motifs is 1. The van der Waals surface area contributed by atoms with Crippen molar-refractivity contribution in [2.75, 3.05) is 20.2 Å². The third-order valence-corrected chi connectivity index (χ3v) is 4.22. The minimum absolute atomic E-state index is 0.0712. The molecule has 0 saturated heterocycles. The normalized spacial score (nSPS) is 13.0. The largest absolute Gasteiger partial charge is 0.469 e. The molecule has 142 valence electrons. The van der Waals surface area contributed by atoms with E-state index in [9.17, 15) is 18.8 Å². The van der Waals surface area contributed by atoms with Crippen molar-refractivity contribution in [1.29, 1.82) is 0 Å². The van der Waals surface area contributed by atoms with Gasteiger partial charge in [-0.25, -0.2) is 9.37 Å². The van der Waals surface area contributed by atoms with Gasteiger partial charge in [0.2, 0.25) is 0 Å². The maximum atomic E-state index is 13.0. The number of hydrogen-bond acceptors (Lipinski definition) is 6. The van der Waals surface area contributed by atoms with Crippen molar-refractivity contribution in [1.82, 2.24) is 25.4 Å². The van der Waals surface area contributed by atoms with Crippen LogP contribution in [0.25, 0.3) is 0 Å². The van der Waals surface area contributed by atoms with Gasteiger partial charge in [-0.1, -0.05) is 0 Å². The van der Waals surface area contributed by atoms with Crippen molar-refractivity contribution in [2.45, 2.75) is 19.4 Å². The number of aromatic nitrogens is 3. The van der Waals surface area contributed by atoms with Crippen LogP contribution >= 0.6 is 0 Å². The molecule has 2 amide bonds. The van der Waals surface area contributed by atoms with Crippen LogP contribution in [0, 0.1) is 5.82 Å². The van der Waals surface area contributed by atoms with Gasteiger partial charge in [-0.05, 0) is 18.6 Å². The molecule has 1 aliphatic rings. The number of H-pyrrole nitrogens is 1. The van der Waals surface area contributed by atoms with E-state index in [1.165, 1.54) is 19.2 Å². The van der Waals surface area contributed by atoms with Crippen LogP contribution in [0.1, 0.15) is 38.7 Å². The summed E-state index contributed by atoms with van der Waals surface area (Å²) in [6, 6.07) is 2.52. The van der Waals surface area contributed by atoms with Crippen molar-refractivity contribution in [3.05, 3.63) is 46.8 Å². The predicted octanol–water partition coefficient (Wildman–Crippen LogP) is 0.435. The molecule has 0 atom stereocenters. The molecule has 2 aromatic heterocycles. The lowest BCUT2D eigenvalue weighted by Gasteiger charge is -2.26. The molecule has 0 bridgehead atoms. The Morgan fingerprint density at radius 1 is 1.37 bits per heavy atom. The Kier molecular flexibility index (Phi) is 5.43. The molecule has 0 saturated carbocycles. The molecule has 0 unspecified atom stereocenters. The van der Waals surface area contributed by atoms with E-state index in [0.29, 0.717) is 18.7 Å². The average molecular weight is 375 g/mol. The lowest BCUT2D eigenvalue weighted by atomic mass is 10.0. The summed E-state index contributed by atoms with van der Waals surface area (Å²) in [6.07, 6.45) is 1.51. The number of nitrogens with one attached hydrogen (secondary N) is 2. The highest BCUT2D eigenvalue weighted by Gasteiger charge is 2.28. The van der Waals surface area contributed by atoms with E-state index in [4.69, 9.17) is 0 Å². The minimum atomic E-state index is -0.510. The van der Waals surface area contributed by atoms with Gasteiger partial charge in [0.25, 0.3) is 11.8 Å². The average Bonchev–Trinajstić information content (AvgIpc) is 3.11. The number of methoxy groups -OCH3 is 1. The van der Waals surface area contributed by atoms with Gasteiger partial charge in [0.05, 0.1) is 32.0 Å². The topological polar surface area (TPSA) is 117 Å². The highest BCUT2D eigenvalue weighted by atomic mass is 19.1. The molecule has 0 fully saturated rings. The first-order valence-corrected chi connectivity index (χ1v) is 8.31. The molecular formula is C17H18FN5O4. The van der Waals surface area contributed by atoms with E-state index >= 15 is 0 Å². The molecule has 10 heteroatoms. The van der Waals surface area contributed by atoms with Crippen LogP contribution in [0.2, 0.25) is 0 Å². The second-order valence-electron chi connectivity index (χ2n) is 5.95. The Labute approximate surface area is 153 Å². The van der Waals surface area contributed by atoms with Crippen LogP contribution < -0.4 is 5.32 Å². The number of aromatic amines is 1. The number of carbonyl (C=O) groups excluding carboxylic acids is 3. The second-order valence-corrected chi connectivity index (χ2v) is 5.95. The van der Waals surface area contributed by atoms with Gasteiger partial charge in [-0.2, -0.15) is 5.10 Å². The summed E-state index contributed by atoms with van der Waals surface area (Å²) in [5.74, 6) is -1.64. The Morgan fingerprint density at radius 2 is 2.19 bits per heavy atom. The zero-order chi connectivity index (χ0) is 19.4. The van der Waals surface area contributed by atoms with E-state index in [2.05, 4.69) is 25.2 Å². The zero-order valence-electron chi connectivity index (χ0n) is 14.6. The van der Waals surface area contributed by atoms with Crippen LogP contribution in [-0.4, -0.2) is 58.1 Å². The fourth-order valence-corrected chi connectivity index (χ4v) is 2.81. The summed E-state index contributed by atoms with van der Waals surface area (Å²) >= 11 is 0. The number of nitrogens with zero attached hydrogens (tertiary/aromatic N) is 3. The quantitative estimate of drug-likeness (QED) is 0.732. The number of pyridine rings is 1. The van der Waals surface area contributed by atoms with Gasteiger partial charge in [0.1, 0.15) is 11.5 Å². The molecular weight excluding hydrogens is 357 g/mol. The van der Waals surface area contributed by atoms with Gasteiger partial charge >= 0.3 is 5.97 Å². The SMILES string of the molecule is COC(=O)CCNC(=O)c1n[nH]c2c1CCN(C(=O)c1ccc(F)cn1)C2. The van der Waals surface area contributed by atoms with Gasteiger partial charge in [0, 0.05) is 18.7 Å². The van der Waals surface area contributed by atoms with Gasteiger partial charge in [-0.15, -0.1) is 0 Å². The maximum Gasteiger partial charge on any atom is 0.307 e. The first kappa shape index (κ1) is 18.5. The Morgan fingerprint density at radius 3 is 2.89 bits per heavy atom. The van der Waals surface area contributed by atoms with Crippen molar-refractivity contribution >= 4 is 17.8 Å². The number of rotatable bonds is 5. The smallest absolute Gasteiger partial charge is 0.307 e. The highest BCUT2D eigenvalue weighted by molar-refractivity contribution is 5.95. The number of carbonyl (C=O) groups is 3. The maximum absolute atomic E-state index is 13.0. The van der Waals surface area contributed by atoms with Gasteiger partial charge in [0.15, 0.2) is 5.69 Å². The Balaban J connectivity index is 1.64. The van der Waals surface area contributed by atoms with E-state index in [1.807, 2.05) is 0 Å². The number of hydrogen-bond donors (Lipinski definition) is 2. The van der Waals surface area contributed by atoms with Crippen LogP contribution in [-0.2, 0) is 22.5 Å². The van der Waals surface area contributed by atoms with Crippen molar-refractivity contribution < 1.29 is 23.5 Å². The molecule has 0 spiro atoms. The van der Waals surface area contributed by atoms with E-state index in [0.717, 1.165) is 11.8 Å². The van der Waals surface area contributed by atoms with Crippen molar-refractivity contribution in [3.63, 3.8) is 0 Å². The molecule has 27 heavy (non-hydrogen) atoms. The number of amides is 2. The first-order chi connectivity index (χ1) is 13.0. The van der Waals surface area contributed by atoms with Crippen molar-refractivity contribution in [2.24, 2.45) is 0 Å². The van der Waals surface area contributed by atoms with Crippen LogP contribution in [0.15, 0.2) is 18.3 Å². The fraction of sp³-hybridized carbons (Fsp3) is 0.353. The first-order valence-electron chi connectivity index (χ1n) is 8.31. The van der Waals surface area contributed by atoms with Crippen molar-refractivity contribution in [3.8, 4) is 0 Å². The summed E-state index contributed by atoms with van der Waals surface area (Å²) in [4.78, 5) is 41.2. The highest BCUT2D eigenvalue weighted by Crippen LogP contribution is 2.21. The zero-order valence-corrected chi connectivity index (χ0v) is 14.6. The number of esters is 1. The summed E-state index contributed by atoms with van der Waals surface area (Å²) in [5, 5.41) is 9.44. The van der Waals surface area contributed by atoms with Crippen LogP contribution in [0.4, 0.5) is 4.39 Å². The number of ether oxygens (including phenoxy) is 1. The van der Waals surface area contributed by atoms with Gasteiger partial charge < -0.3 is 15.0 Å². The molecule has 3 rings (SSSR count). The monoisotopic (exact) mass is 375 g/mol. The number of halogens is 1. The third-order valence-electron chi connectivity index (χ3n) is 4.22. The molecule has 0 aromatic carbocycles. The molecule has 2 N–H and O–H groups in total. The van der Waals surface area contributed by atoms with E-state index in [1.54, 1.807) is 4.90 Å². The molecule has 1 aliphatic heterocycles. The third kappa shape index (κ3) is 4.10. The second kappa shape index (κ2) is 7.94. The predicted molar refractivity (Wildman–Crippen MR) is 90.2 cm³/mol. The molecule has 9 nitrogen and oxygen atoms in total. The standard InChI is InChI=1S/C17H18FN5O4/c1-27-14(24)4-6-19-16(25)15-11-5-7-23(9-13(11)21-22-15)17(26)12-3-2-10(18)8-20-12/h2-3,8H,4-7,9H2,1H3,(H,19,25)(H,21,22). The van der Waals surface area contributed by atoms with Crippen LogP contribution in [0.5, 0.6) is 0 Å². The lowest BCUT2D eigenvalue weighted by molar-refractivity contribution is -0.140. The summed E-state index contributed by atoms with van der Waals surface area (Å²) < 4.78 is 17.5. The van der Waals surface area contributed by atoms with E-state index < -0.39 is 17.7 Å². The Bertz CT molecular complexity index is 865. The molecule has 0 radical (unpaired) electrons. The van der Waals surface area contributed by atoms with Gasteiger partial charge in [-0.3, -0.25) is 19.5 Å². The summed E-state index contributed by atoms with van der Waals surface area (Å²) in [6.45, 7) is 0.774. The fourth-order valence-electron chi connectivity index (χ4n) is 2.81. The molecule has 3 heterocycles. The minimum Gasteiger partial charge on any atom is -0.469 e. The Hall–Kier alpha value is -3.30. The summed E-state index contributed by atoms with van der Waals surface area (Å²) in [7, 11) is 1.28.